The first-order valence-corrected chi connectivity index (χ1v) is 6.72. The zero-order valence-corrected chi connectivity index (χ0v) is 12.1. The van der Waals surface area contributed by atoms with Gasteiger partial charge in [0.05, 0.1) is 11.6 Å². The molecule has 1 heterocycles. The Balaban J connectivity index is 1.97. The fourth-order valence-corrected chi connectivity index (χ4v) is 2.35. The van der Waals surface area contributed by atoms with E-state index in [0.717, 1.165) is 5.56 Å². The van der Waals surface area contributed by atoms with E-state index in [4.69, 9.17) is 33.0 Å². The van der Waals surface area contributed by atoms with E-state index in [1.54, 1.807) is 42.5 Å². The number of halogens is 2. The first-order valence-electron chi connectivity index (χ1n) is 5.96. The fourth-order valence-electron chi connectivity index (χ4n) is 1.83. The van der Waals surface area contributed by atoms with Crippen LogP contribution in [0.5, 0.6) is 0 Å². The van der Waals surface area contributed by atoms with E-state index >= 15 is 0 Å². The van der Waals surface area contributed by atoms with Crippen molar-refractivity contribution in [3.63, 3.8) is 0 Å². The van der Waals surface area contributed by atoms with E-state index in [1.165, 1.54) is 0 Å². The van der Waals surface area contributed by atoms with Crippen molar-refractivity contribution in [1.82, 2.24) is 10.1 Å². The van der Waals surface area contributed by atoms with Gasteiger partial charge in [0.15, 0.2) is 0 Å². The van der Waals surface area contributed by atoms with Gasteiger partial charge in [-0.2, -0.15) is 10.2 Å². The number of hydrogen-bond acceptors (Lipinski definition) is 4. The van der Waals surface area contributed by atoms with Crippen molar-refractivity contribution in [2.75, 3.05) is 0 Å². The van der Waals surface area contributed by atoms with E-state index < -0.39 is 0 Å². The summed E-state index contributed by atoms with van der Waals surface area (Å²) in [6.45, 7) is 0. The smallest absolute Gasteiger partial charge is 0.258 e. The van der Waals surface area contributed by atoms with Crippen molar-refractivity contribution in [3.8, 4) is 28.9 Å². The molecule has 0 aliphatic heterocycles. The Morgan fingerprint density at radius 3 is 2.24 bits per heavy atom. The maximum Gasteiger partial charge on any atom is 0.258 e. The van der Waals surface area contributed by atoms with Crippen LogP contribution in [0.25, 0.3) is 22.8 Å². The molecule has 3 aromatic rings. The monoisotopic (exact) mass is 315 g/mol. The lowest BCUT2D eigenvalue weighted by Gasteiger charge is -1.97. The number of rotatable bonds is 2. The highest BCUT2D eigenvalue weighted by atomic mass is 35.5. The Hall–Kier alpha value is -2.35. The van der Waals surface area contributed by atoms with E-state index in [2.05, 4.69) is 16.2 Å². The van der Waals surface area contributed by atoms with E-state index in [1.807, 2.05) is 0 Å². The van der Waals surface area contributed by atoms with Gasteiger partial charge >= 0.3 is 0 Å². The highest BCUT2D eigenvalue weighted by Gasteiger charge is 2.11. The van der Waals surface area contributed by atoms with Gasteiger partial charge in [0, 0.05) is 21.2 Å². The Kier molecular flexibility index (Phi) is 3.61. The third-order valence-corrected chi connectivity index (χ3v) is 3.24. The third kappa shape index (κ3) is 2.89. The Bertz CT molecular complexity index is 815. The molecule has 3 rings (SSSR count). The topological polar surface area (TPSA) is 62.7 Å². The summed E-state index contributed by atoms with van der Waals surface area (Å²) in [5.74, 6) is 0.768. The minimum absolute atomic E-state index is 0.366. The van der Waals surface area contributed by atoms with Crippen molar-refractivity contribution < 1.29 is 4.52 Å². The largest absolute Gasteiger partial charge is 0.334 e. The lowest BCUT2D eigenvalue weighted by atomic mass is 10.1. The lowest BCUT2D eigenvalue weighted by molar-refractivity contribution is 0.432. The summed E-state index contributed by atoms with van der Waals surface area (Å²) in [6.07, 6.45) is 0. The zero-order valence-electron chi connectivity index (χ0n) is 10.5. The standard InChI is InChI=1S/C15H7Cl2N3O/c16-12-5-11(6-13(17)7-12)14-19-15(21-20-14)10-3-1-9(8-18)2-4-10/h1-7H. The second-order valence-electron chi connectivity index (χ2n) is 4.27. The van der Waals surface area contributed by atoms with Crippen LogP contribution in [0.4, 0.5) is 0 Å². The van der Waals surface area contributed by atoms with Crippen LogP contribution in [-0.4, -0.2) is 10.1 Å². The zero-order chi connectivity index (χ0) is 14.8. The molecule has 102 valence electrons. The number of hydrogen-bond donors (Lipinski definition) is 0. The Morgan fingerprint density at radius 1 is 0.952 bits per heavy atom. The predicted octanol–water partition coefficient (Wildman–Crippen LogP) is 4.58. The van der Waals surface area contributed by atoms with Gasteiger partial charge < -0.3 is 4.52 Å². The van der Waals surface area contributed by atoms with Crippen molar-refractivity contribution in [2.45, 2.75) is 0 Å². The molecular weight excluding hydrogens is 309 g/mol. The molecule has 0 N–H and O–H groups in total. The van der Waals surface area contributed by atoms with E-state index in [-0.39, 0.29) is 0 Å². The van der Waals surface area contributed by atoms with Crippen molar-refractivity contribution in [2.24, 2.45) is 0 Å². The Labute approximate surface area is 130 Å². The number of aromatic nitrogens is 2. The molecule has 0 bridgehead atoms. The molecule has 6 heteroatoms. The predicted molar refractivity (Wildman–Crippen MR) is 79.9 cm³/mol. The molecule has 2 aromatic carbocycles. The van der Waals surface area contributed by atoms with Gasteiger partial charge in [-0.05, 0) is 42.5 Å². The lowest BCUT2D eigenvalue weighted by Crippen LogP contribution is -1.82. The molecule has 0 saturated carbocycles. The Morgan fingerprint density at radius 2 is 1.62 bits per heavy atom. The molecule has 0 unspecified atom stereocenters. The van der Waals surface area contributed by atoms with Crippen LogP contribution in [0.1, 0.15) is 5.56 Å². The van der Waals surface area contributed by atoms with Crippen molar-refractivity contribution in [1.29, 1.82) is 5.26 Å². The van der Waals surface area contributed by atoms with Crippen LogP contribution in [0.3, 0.4) is 0 Å². The molecular formula is C15H7Cl2N3O. The maximum atomic E-state index is 8.78. The van der Waals surface area contributed by atoms with Gasteiger partial charge in [0.1, 0.15) is 0 Å². The van der Waals surface area contributed by atoms with Crippen LogP contribution >= 0.6 is 23.2 Å². The number of nitriles is 1. The van der Waals surface area contributed by atoms with Crippen LogP contribution in [0.15, 0.2) is 47.0 Å². The molecule has 0 saturated heterocycles. The molecule has 0 radical (unpaired) electrons. The van der Waals surface area contributed by atoms with Crippen molar-refractivity contribution >= 4 is 23.2 Å². The SMILES string of the molecule is N#Cc1ccc(-c2nc(-c3cc(Cl)cc(Cl)c3)no2)cc1. The summed E-state index contributed by atoms with van der Waals surface area (Å²) in [5.41, 5.74) is 1.98. The van der Waals surface area contributed by atoms with Crippen LogP contribution in [0.2, 0.25) is 10.0 Å². The summed E-state index contributed by atoms with van der Waals surface area (Å²) in [5, 5.41) is 13.7. The number of benzene rings is 2. The summed E-state index contributed by atoms with van der Waals surface area (Å²) < 4.78 is 5.23. The van der Waals surface area contributed by atoms with Crippen molar-refractivity contribution in [3.05, 3.63) is 58.1 Å². The normalized spacial score (nSPS) is 10.3. The van der Waals surface area contributed by atoms with Crippen LogP contribution in [-0.2, 0) is 0 Å². The van der Waals surface area contributed by atoms with Gasteiger partial charge in [-0.3, -0.25) is 0 Å². The summed E-state index contributed by atoms with van der Waals surface area (Å²) in [7, 11) is 0. The average Bonchev–Trinajstić information content (AvgIpc) is 2.96. The van der Waals surface area contributed by atoms with Crippen LogP contribution in [0, 0.1) is 11.3 Å². The van der Waals surface area contributed by atoms with E-state index in [0.29, 0.717) is 32.9 Å². The molecule has 0 atom stereocenters. The summed E-state index contributed by atoms with van der Waals surface area (Å²) >= 11 is 11.9. The highest BCUT2D eigenvalue weighted by Crippen LogP contribution is 2.27. The molecule has 21 heavy (non-hydrogen) atoms. The second kappa shape index (κ2) is 5.57. The fraction of sp³-hybridized carbons (Fsp3) is 0. The second-order valence-corrected chi connectivity index (χ2v) is 5.14. The molecule has 0 aliphatic rings. The maximum absolute atomic E-state index is 8.78. The first-order chi connectivity index (χ1) is 10.2. The quantitative estimate of drug-likeness (QED) is 0.694. The van der Waals surface area contributed by atoms with Gasteiger partial charge in [0.25, 0.3) is 5.89 Å². The minimum atomic E-state index is 0.366. The van der Waals surface area contributed by atoms with Gasteiger partial charge in [0.2, 0.25) is 5.82 Å². The van der Waals surface area contributed by atoms with Gasteiger partial charge in [-0.1, -0.05) is 28.4 Å². The first kappa shape index (κ1) is 13.6. The van der Waals surface area contributed by atoms with E-state index in [9.17, 15) is 0 Å². The molecule has 4 nitrogen and oxygen atoms in total. The third-order valence-electron chi connectivity index (χ3n) is 2.81. The molecule has 0 fully saturated rings. The molecule has 1 aromatic heterocycles. The van der Waals surface area contributed by atoms with Gasteiger partial charge in [-0.15, -0.1) is 0 Å². The highest BCUT2D eigenvalue weighted by molar-refractivity contribution is 6.35. The summed E-state index contributed by atoms with van der Waals surface area (Å²) in [6, 6.07) is 14.0. The molecule has 0 amide bonds. The summed E-state index contributed by atoms with van der Waals surface area (Å²) in [4.78, 5) is 4.31. The van der Waals surface area contributed by atoms with Gasteiger partial charge in [-0.25, -0.2) is 0 Å². The minimum Gasteiger partial charge on any atom is -0.334 e. The number of nitrogens with zero attached hydrogens (tertiary/aromatic N) is 3. The average molecular weight is 316 g/mol. The van der Waals surface area contributed by atoms with Crippen LogP contribution < -0.4 is 0 Å². The molecule has 0 aliphatic carbocycles. The molecule has 0 spiro atoms.